The van der Waals surface area contributed by atoms with Crippen molar-refractivity contribution in [1.29, 1.82) is 0 Å². The zero-order chi connectivity index (χ0) is 12.6. The minimum absolute atomic E-state index is 0.589. The van der Waals surface area contributed by atoms with Crippen LogP contribution in [0.4, 0.5) is 0 Å². The summed E-state index contributed by atoms with van der Waals surface area (Å²) in [6.45, 7) is 5.21. The standard InChI is InChI=1S/C15H21NO/c1-3-15(17,4-2)13-16-12-8-11-14-9-6-5-7-10-14/h5-7,9-10,16-17H,3-4,12-13H2,1-2H3. The fourth-order valence-corrected chi connectivity index (χ4v) is 1.53. The van der Waals surface area contributed by atoms with Crippen LogP contribution in [-0.2, 0) is 0 Å². The molecule has 0 spiro atoms. The van der Waals surface area contributed by atoms with E-state index in [4.69, 9.17) is 0 Å². The molecular weight excluding hydrogens is 210 g/mol. The molecular formula is C15H21NO. The van der Waals surface area contributed by atoms with Crippen molar-refractivity contribution in [2.45, 2.75) is 32.3 Å². The van der Waals surface area contributed by atoms with Gasteiger partial charge in [0.2, 0.25) is 0 Å². The second-order valence-corrected chi connectivity index (χ2v) is 4.20. The molecule has 0 aliphatic carbocycles. The zero-order valence-electron chi connectivity index (χ0n) is 10.7. The Balaban J connectivity index is 2.32. The Bertz CT molecular complexity index is 371. The van der Waals surface area contributed by atoms with Gasteiger partial charge in [-0.25, -0.2) is 0 Å². The lowest BCUT2D eigenvalue weighted by atomic mass is 9.98. The minimum Gasteiger partial charge on any atom is -0.389 e. The van der Waals surface area contributed by atoms with Crippen molar-refractivity contribution in [3.63, 3.8) is 0 Å². The predicted molar refractivity (Wildman–Crippen MR) is 71.7 cm³/mol. The summed E-state index contributed by atoms with van der Waals surface area (Å²) in [4.78, 5) is 0. The Morgan fingerprint density at radius 1 is 1.18 bits per heavy atom. The van der Waals surface area contributed by atoms with E-state index in [0.717, 1.165) is 18.4 Å². The molecule has 0 aromatic heterocycles. The summed E-state index contributed by atoms with van der Waals surface area (Å²) in [5, 5.41) is 13.2. The summed E-state index contributed by atoms with van der Waals surface area (Å²) in [5.41, 5.74) is 0.435. The fraction of sp³-hybridized carbons (Fsp3) is 0.467. The lowest BCUT2D eigenvalue weighted by Gasteiger charge is -2.24. The van der Waals surface area contributed by atoms with Crippen LogP contribution in [0.15, 0.2) is 30.3 Å². The lowest BCUT2D eigenvalue weighted by molar-refractivity contribution is 0.0336. The normalized spacial score (nSPS) is 10.8. The van der Waals surface area contributed by atoms with Crippen molar-refractivity contribution in [2.24, 2.45) is 0 Å². The molecule has 1 aromatic carbocycles. The third kappa shape index (κ3) is 5.04. The quantitative estimate of drug-likeness (QED) is 0.601. The molecule has 0 saturated heterocycles. The topological polar surface area (TPSA) is 32.3 Å². The van der Waals surface area contributed by atoms with Gasteiger partial charge < -0.3 is 10.4 Å². The Morgan fingerprint density at radius 3 is 2.41 bits per heavy atom. The first-order chi connectivity index (χ1) is 8.20. The summed E-state index contributed by atoms with van der Waals surface area (Å²) < 4.78 is 0. The molecule has 2 heteroatoms. The van der Waals surface area contributed by atoms with Crippen LogP contribution in [0.3, 0.4) is 0 Å². The van der Waals surface area contributed by atoms with Gasteiger partial charge in [0, 0.05) is 12.1 Å². The first-order valence-electron chi connectivity index (χ1n) is 6.17. The number of nitrogens with one attached hydrogen (secondary N) is 1. The maximum Gasteiger partial charge on any atom is 0.0766 e. The molecule has 0 unspecified atom stereocenters. The molecule has 1 rings (SSSR count). The van der Waals surface area contributed by atoms with Crippen molar-refractivity contribution in [3.05, 3.63) is 35.9 Å². The summed E-state index contributed by atoms with van der Waals surface area (Å²) >= 11 is 0. The minimum atomic E-state index is -0.589. The van der Waals surface area contributed by atoms with Crippen LogP contribution in [-0.4, -0.2) is 23.8 Å². The van der Waals surface area contributed by atoms with E-state index in [9.17, 15) is 5.11 Å². The van der Waals surface area contributed by atoms with Gasteiger partial charge in [-0.2, -0.15) is 0 Å². The molecule has 17 heavy (non-hydrogen) atoms. The van der Waals surface area contributed by atoms with Crippen molar-refractivity contribution in [2.75, 3.05) is 13.1 Å². The van der Waals surface area contributed by atoms with E-state index >= 15 is 0 Å². The molecule has 2 nitrogen and oxygen atoms in total. The molecule has 0 aliphatic rings. The van der Waals surface area contributed by atoms with Crippen LogP contribution in [0.25, 0.3) is 0 Å². The van der Waals surface area contributed by atoms with Gasteiger partial charge in [0.15, 0.2) is 0 Å². The maximum atomic E-state index is 10.0. The SMILES string of the molecule is CCC(O)(CC)CNCC#Cc1ccccc1. The average Bonchev–Trinajstić information content (AvgIpc) is 2.39. The first-order valence-corrected chi connectivity index (χ1v) is 6.17. The van der Waals surface area contributed by atoms with E-state index in [2.05, 4.69) is 17.2 Å². The molecule has 92 valence electrons. The smallest absolute Gasteiger partial charge is 0.0766 e. The van der Waals surface area contributed by atoms with Crippen molar-refractivity contribution < 1.29 is 5.11 Å². The number of aliphatic hydroxyl groups is 1. The van der Waals surface area contributed by atoms with E-state index < -0.39 is 5.60 Å². The van der Waals surface area contributed by atoms with Crippen LogP contribution in [0.5, 0.6) is 0 Å². The lowest BCUT2D eigenvalue weighted by Crippen LogP contribution is -2.39. The van der Waals surface area contributed by atoms with Crippen LogP contribution in [0, 0.1) is 11.8 Å². The predicted octanol–water partition coefficient (Wildman–Crippen LogP) is 2.18. The van der Waals surface area contributed by atoms with Gasteiger partial charge in [-0.1, -0.05) is 43.9 Å². The van der Waals surface area contributed by atoms with Crippen molar-refractivity contribution >= 4 is 0 Å². The van der Waals surface area contributed by atoms with Crippen molar-refractivity contribution in [1.82, 2.24) is 5.32 Å². The third-order valence-electron chi connectivity index (χ3n) is 2.99. The Hall–Kier alpha value is -1.30. The zero-order valence-corrected chi connectivity index (χ0v) is 10.7. The molecule has 0 heterocycles. The summed E-state index contributed by atoms with van der Waals surface area (Å²) in [7, 11) is 0. The molecule has 0 fully saturated rings. The van der Waals surface area contributed by atoms with Gasteiger partial charge in [-0.3, -0.25) is 0 Å². The van der Waals surface area contributed by atoms with E-state index in [1.807, 2.05) is 44.2 Å². The molecule has 0 amide bonds. The van der Waals surface area contributed by atoms with E-state index in [1.165, 1.54) is 0 Å². The highest BCUT2D eigenvalue weighted by atomic mass is 16.3. The Kier molecular flexibility index (Phi) is 5.76. The van der Waals surface area contributed by atoms with Crippen molar-refractivity contribution in [3.8, 4) is 11.8 Å². The molecule has 0 radical (unpaired) electrons. The largest absolute Gasteiger partial charge is 0.389 e. The molecule has 1 aromatic rings. The Morgan fingerprint density at radius 2 is 1.82 bits per heavy atom. The monoisotopic (exact) mass is 231 g/mol. The van der Waals surface area contributed by atoms with Crippen LogP contribution < -0.4 is 5.32 Å². The van der Waals surface area contributed by atoms with Crippen LogP contribution >= 0.6 is 0 Å². The van der Waals surface area contributed by atoms with E-state index in [0.29, 0.717) is 13.1 Å². The molecule has 0 atom stereocenters. The Labute approximate surface area is 104 Å². The molecule has 0 bridgehead atoms. The van der Waals surface area contributed by atoms with Gasteiger partial charge in [0.25, 0.3) is 0 Å². The van der Waals surface area contributed by atoms with Gasteiger partial charge in [0.05, 0.1) is 12.1 Å². The second-order valence-electron chi connectivity index (χ2n) is 4.20. The highest BCUT2D eigenvalue weighted by Crippen LogP contribution is 2.12. The summed E-state index contributed by atoms with van der Waals surface area (Å²) in [5.74, 6) is 6.12. The number of hydrogen-bond donors (Lipinski definition) is 2. The number of rotatable bonds is 5. The van der Waals surface area contributed by atoms with E-state index in [-0.39, 0.29) is 0 Å². The highest BCUT2D eigenvalue weighted by molar-refractivity contribution is 5.33. The maximum absolute atomic E-state index is 10.0. The molecule has 0 aliphatic heterocycles. The van der Waals surface area contributed by atoms with E-state index in [1.54, 1.807) is 0 Å². The number of benzene rings is 1. The van der Waals surface area contributed by atoms with Gasteiger partial charge in [0.1, 0.15) is 0 Å². The molecule has 0 saturated carbocycles. The average molecular weight is 231 g/mol. The second kappa shape index (κ2) is 7.11. The van der Waals surface area contributed by atoms with Crippen LogP contribution in [0.2, 0.25) is 0 Å². The first kappa shape index (κ1) is 13.8. The fourth-order valence-electron chi connectivity index (χ4n) is 1.53. The van der Waals surface area contributed by atoms with Gasteiger partial charge >= 0.3 is 0 Å². The van der Waals surface area contributed by atoms with Gasteiger partial charge in [-0.15, -0.1) is 0 Å². The van der Waals surface area contributed by atoms with Crippen LogP contribution in [0.1, 0.15) is 32.3 Å². The summed E-state index contributed by atoms with van der Waals surface area (Å²) in [6, 6.07) is 9.91. The third-order valence-corrected chi connectivity index (χ3v) is 2.99. The highest BCUT2D eigenvalue weighted by Gasteiger charge is 2.20. The molecule has 2 N–H and O–H groups in total. The number of hydrogen-bond acceptors (Lipinski definition) is 2. The summed E-state index contributed by atoms with van der Waals surface area (Å²) in [6.07, 6.45) is 1.53. The van der Waals surface area contributed by atoms with Gasteiger partial charge in [-0.05, 0) is 25.0 Å².